The summed E-state index contributed by atoms with van der Waals surface area (Å²) in [5, 5.41) is 10.9. The number of hydrogen-bond acceptors (Lipinski definition) is 4. The average molecular weight is 358 g/mol. The van der Waals surface area contributed by atoms with Gasteiger partial charge in [0.1, 0.15) is 12.3 Å². The summed E-state index contributed by atoms with van der Waals surface area (Å²) in [5.74, 6) is 0.0816. The highest BCUT2D eigenvalue weighted by atomic mass is 16.6. The van der Waals surface area contributed by atoms with Crippen LogP contribution in [0.2, 0.25) is 0 Å². The molecule has 4 atom stereocenters. The van der Waals surface area contributed by atoms with E-state index in [1.54, 1.807) is 6.07 Å². The van der Waals surface area contributed by atoms with Gasteiger partial charge in [-0.25, -0.2) is 4.79 Å². The van der Waals surface area contributed by atoms with Crippen molar-refractivity contribution in [2.24, 2.45) is 17.1 Å². The summed E-state index contributed by atoms with van der Waals surface area (Å²) in [6.07, 6.45) is 6.26. The van der Waals surface area contributed by atoms with E-state index < -0.39 is 18.6 Å². The number of hydrogen-bond donors (Lipinski definition) is 3. The van der Waals surface area contributed by atoms with E-state index in [9.17, 15) is 9.59 Å². The SMILES string of the molecule is C[C@@]12CCCC[C@H]3CC3(Cc3ccc(OC(=O)NCC(=O)O)cc31)[C@@H]2N. The third-order valence-electron chi connectivity index (χ3n) is 6.89. The molecule has 0 saturated heterocycles. The molecule has 0 heterocycles. The molecule has 26 heavy (non-hydrogen) atoms. The van der Waals surface area contributed by atoms with Crippen LogP contribution in [0, 0.1) is 11.3 Å². The molecule has 6 nitrogen and oxygen atoms in total. The van der Waals surface area contributed by atoms with Crippen molar-refractivity contribution in [1.82, 2.24) is 5.32 Å². The van der Waals surface area contributed by atoms with Crippen LogP contribution in [0.3, 0.4) is 0 Å². The topological polar surface area (TPSA) is 102 Å². The highest BCUT2D eigenvalue weighted by molar-refractivity contribution is 5.77. The van der Waals surface area contributed by atoms with Crippen LogP contribution in [0.5, 0.6) is 5.75 Å². The lowest BCUT2D eigenvalue weighted by Crippen LogP contribution is -2.54. The Labute approximate surface area is 153 Å². The van der Waals surface area contributed by atoms with E-state index >= 15 is 0 Å². The molecule has 0 radical (unpaired) electrons. The van der Waals surface area contributed by atoms with Crippen LogP contribution in [0.25, 0.3) is 0 Å². The van der Waals surface area contributed by atoms with E-state index in [-0.39, 0.29) is 16.9 Å². The molecule has 6 heteroatoms. The Morgan fingerprint density at radius 3 is 2.96 bits per heavy atom. The molecule has 4 N–H and O–H groups in total. The molecule has 3 aliphatic carbocycles. The molecule has 2 saturated carbocycles. The van der Waals surface area contributed by atoms with Crippen molar-refractivity contribution in [3.05, 3.63) is 29.3 Å². The second kappa shape index (κ2) is 5.98. The summed E-state index contributed by atoms with van der Waals surface area (Å²) in [6.45, 7) is 1.79. The standard InChI is InChI=1S/C20H26N2O4/c1-19-7-3-2-4-13-10-20(13,17(19)21)9-12-5-6-14(8-15(12)19)26-18(25)22-11-16(23)24/h5-6,8,13,17H,2-4,7,9-11,21H2,1H3,(H,22,25)(H,23,24)/t13-,17+,19+,20?/m0/s1. The lowest BCUT2D eigenvalue weighted by atomic mass is 9.59. The summed E-state index contributed by atoms with van der Waals surface area (Å²) < 4.78 is 5.29. The van der Waals surface area contributed by atoms with Crippen molar-refractivity contribution in [1.29, 1.82) is 0 Å². The number of ether oxygens (including phenoxy) is 1. The Balaban J connectivity index is 1.62. The number of benzene rings is 1. The quantitative estimate of drug-likeness (QED) is 0.771. The average Bonchev–Trinajstić information content (AvgIpc) is 3.29. The molecule has 2 fully saturated rings. The smallest absolute Gasteiger partial charge is 0.413 e. The monoisotopic (exact) mass is 358 g/mol. The number of carbonyl (C=O) groups excluding carboxylic acids is 1. The predicted molar refractivity (Wildman–Crippen MR) is 96.1 cm³/mol. The van der Waals surface area contributed by atoms with Crippen LogP contribution in [0.15, 0.2) is 18.2 Å². The van der Waals surface area contributed by atoms with E-state index in [0.29, 0.717) is 5.75 Å². The molecule has 140 valence electrons. The van der Waals surface area contributed by atoms with E-state index in [0.717, 1.165) is 18.8 Å². The molecule has 4 rings (SSSR count). The van der Waals surface area contributed by atoms with Gasteiger partial charge in [0.25, 0.3) is 0 Å². The first-order valence-corrected chi connectivity index (χ1v) is 9.42. The van der Waals surface area contributed by atoms with Crippen molar-refractivity contribution >= 4 is 12.1 Å². The fourth-order valence-electron chi connectivity index (χ4n) is 5.42. The number of nitrogens with one attached hydrogen (secondary N) is 1. The Kier molecular flexibility index (Phi) is 3.99. The van der Waals surface area contributed by atoms with Crippen LogP contribution in [0.1, 0.15) is 50.2 Å². The highest BCUT2D eigenvalue weighted by Crippen LogP contribution is 2.66. The van der Waals surface area contributed by atoms with Crippen molar-refractivity contribution in [2.45, 2.75) is 56.9 Å². The minimum Gasteiger partial charge on any atom is -0.480 e. The van der Waals surface area contributed by atoms with Crippen LogP contribution in [-0.4, -0.2) is 29.8 Å². The van der Waals surface area contributed by atoms with E-state index in [1.165, 1.54) is 36.8 Å². The molecular formula is C20H26N2O4. The van der Waals surface area contributed by atoms with Gasteiger partial charge in [0, 0.05) is 11.5 Å². The fraction of sp³-hybridized carbons (Fsp3) is 0.600. The van der Waals surface area contributed by atoms with Gasteiger partial charge in [0.05, 0.1) is 0 Å². The van der Waals surface area contributed by atoms with Crippen molar-refractivity contribution in [3.63, 3.8) is 0 Å². The van der Waals surface area contributed by atoms with Crippen molar-refractivity contribution in [3.8, 4) is 5.75 Å². The predicted octanol–water partition coefficient (Wildman–Crippen LogP) is 2.58. The van der Waals surface area contributed by atoms with Crippen LogP contribution >= 0.6 is 0 Å². The number of amides is 1. The van der Waals surface area contributed by atoms with Gasteiger partial charge in [-0.15, -0.1) is 0 Å². The largest absolute Gasteiger partial charge is 0.480 e. The molecule has 0 aromatic heterocycles. The first-order chi connectivity index (χ1) is 12.3. The normalized spacial score (nSPS) is 34.5. The van der Waals surface area contributed by atoms with Gasteiger partial charge in [-0.05, 0) is 60.3 Å². The zero-order chi connectivity index (χ0) is 18.5. The van der Waals surface area contributed by atoms with Gasteiger partial charge in [-0.3, -0.25) is 4.79 Å². The first kappa shape index (κ1) is 17.3. The Hall–Kier alpha value is -2.08. The Morgan fingerprint density at radius 1 is 1.38 bits per heavy atom. The van der Waals surface area contributed by atoms with E-state index in [4.69, 9.17) is 15.6 Å². The van der Waals surface area contributed by atoms with Gasteiger partial charge < -0.3 is 20.9 Å². The lowest BCUT2D eigenvalue weighted by Gasteiger charge is -2.48. The molecule has 1 spiro atoms. The molecule has 1 aromatic rings. The third kappa shape index (κ3) is 2.67. The maximum Gasteiger partial charge on any atom is 0.413 e. The maximum atomic E-state index is 11.8. The fourth-order valence-corrected chi connectivity index (χ4v) is 5.42. The van der Waals surface area contributed by atoms with Gasteiger partial charge in [-0.1, -0.05) is 25.8 Å². The minimum atomic E-state index is -1.11. The number of nitrogens with two attached hydrogens (primary N) is 1. The molecule has 1 aromatic carbocycles. The van der Waals surface area contributed by atoms with Crippen LogP contribution in [-0.2, 0) is 16.6 Å². The molecule has 3 aliphatic rings. The molecule has 1 unspecified atom stereocenters. The second-order valence-electron chi connectivity index (χ2n) is 8.41. The number of aliphatic carboxylic acids is 1. The minimum absolute atomic E-state index is 0.111. The maximum absolute atomic E-state index is 11.8. The van der Waals surface area contributed by atoms with Crippen LogP contribution < -0.4 is 15.8 Å². The summed E-state index contributed by atoms with van der Waals surface area (Å²) in [7, 11) is 0. The molecule has 2 bridgehead atoms. The Bertz CT molecular complexity index is 764. The third-order valence-corrected chi connectivity index (χ3v) is 6.89. The van der Waals surface area contributed by atoms with E-state index in [1.807, 2.05) is 6.07 Å². The van der Waals surface area contributed by atoms with Gasteiger partial charge >= 0.3 is 12.1 Å². The van der Waals surface area contributed by atoms with E-state index in [2.05, 4.69) is 18.3 Å². The van der Waals surface area contributed by atoms with Gasteiger partial charge in [0.2, 0.25) is 0 Å². The van der Waals surface area contributed by atoms with Crippen molar-refractivity contribution < 1.29 is 19.4 Å². The second-order valence-corrected chi connectivity index (χ2v) is 8.41. The molecule has 0 aliphatic heterocycles. The molecule has 1 amide bonds. The Morgan fingerprint density at radius 2 is 2.19 bits per heavy atom. The van der Waals surface area contributed by atoms with Crippen molar-refractivity contribution in [2.75, 3.05) is 6.54 Å². The zero-order valence-electron chi connectivity index (χ0n) is 15.1. The molecular weight excluding hydrogens is 332 g/mol. The van der Waals surface area contributed by atoms with Crippen LogP contribution in [0.4, 0.5) is 4.79 Å². The number of rotatable bonds is 3. The summed E-state index contributed by atoms with van der Waals surface area (Å²) in [4.78, 5) is 22.3. The lowest BCUT2D eigenvalue weighted by molar-refractivity contribution is -0.135. The van der Waals surface area contributed by atoms with Gasteiger partial charge in [-0.2, -0.15) is 0 Å². The number of fused-ring (bicyclic) bond motifs is 3. The zero-order valence-corrected chi connectivity index (χ0v) is 15.1. The first-order valence-electron chi connectivity index (χ1n) is 9.42. The highest BCUT2D eigenvalue weighted by Gasteiger charge is 2.64. The van der Waals surface area contributed by atoms with Gasteiger partial charge in [0.15, 0.2) is 0 Å². The number of carboxylic acids is 1. The number of carboxylic acid groups (broad SMARTS) is 1. The summed E-state index contributed by atoms with van der Waals surface area (Å²) in [6, 6.07) is 5.91. The number of carbonyl (C=O) groups is 2. The summed E-state index contributed by atoms with van der Waals surface area (Å²) >= 11 is 0. The summed E-state index contributed by atoms with van der Waals surface area (Å²) in [5.41, 5.74) is 9.47.